The van der Waals surface area contributed by atoms with Gasteiger partial charge in [0.1, 0.15) is 0 Å². The van der Waals surface area contributed by atoms with Crippen LogP contribution in [0.3, 0.4) is 0 Å². The van der Waals surface area contributed by atoms with Crippen LogP contribution in [-0.2, 0) is 4.74 Å². The zero-order chi connectivity index (χ0) is 13.1. The van der Waals surface area contributed by atoms with Gasteiger partial charge in [0.2, 0.25) is 0 Å². The zero-order valence-electron chi connectivity index (χ0n) is 12.4. The van der Waals surface area contributed by atoms with Crippen molar-refractivity contribution in [2.75, 3.05) is 27.2 Å². The lowest BCUT2D eigenvalue weighted by Crippen LogP contribution is -2.55. The summed E-state index contributed by atoms with van der Waals surface area (Å²) in [6, 6.07) is 1.08. The van der Waals surface area contributed by atoms with E-state index in [2.05, 4.69) is 45.0 Å². The smallest absolute Gasteiger partial charge is 0.0787 e. The van der Waals surface area contributed by atoms with Crippen LogP contribution in [-0.4, -0.2) is 49.8 Å². The molecular weight excluding hydrogens is 212 g/mol. The molecule has 2 atom stereocenters. The molecule has 0 spiro atoms. The molecule has 3 heteroatoms. The van der Waals surface area contributed by atoms with Crippen LogP contribution >= 0.6 is 0 Å². The number of nitrogens with one attached hydrogen (secondary N) is 1. The molecule has 1 fully saturated rings. The molecule has 0 saturated heterocycles. The summed E-state index contributed by atoms with van der Waals surface area (Å²) in [6.45, 7) is 10.9. The second-order valence-electron chi connectivity index (χ2n) is 5.94. The first-order valence-corrected chi connectivity index (χ1v) is 6.91. The SMILES string of the molecule is CCNC(CN(C)C(C)C1CC1)C(C)(C)OC. The fourth-order valence-corrected chi connectivity index (χ4v) is 2.31. The van der Waals surface area contributed by atoms with Gasteiger partial charge in [0.05, 0.1) is 5.60 Å². The molecule has 0 radical (unpaired) electrons. The molecule has 2 unspecified atom stereocenters. The van der Waals surface area contributed by atoms with Crippen LogP contribution in [0.1, 0.15) is 40.5 Å². The molecule has 0 aromatic carbocycles. The number of ether oxygens (including phenoxy) is 1. The molecule has 0 bridgehead atoms. The lowest BCUT2D eigenvalue weighted by molar-refractivity contribution is -0.0207. The van der Waals surface area contributed by atoms with E-state index in [9.17, 15) is 0 Å². The van der Waals surface area contributed by atoms with Gasteiger partial charge >= 0.3 is 0 Å². The van der Waals surface area contributed by atoms with Crippen LogP contribution in [0.25, 0.3) is 0 Å². The lowest BCUT2D eigenvalue weighted by atomic mass is 9.97. The van der Waals surface area contributed by atoms with Gasteiger partial charge in [0, 0.05) is 25.7 Å². The van der Waals surface area contributed by atoms with Gasteiger partial charge in [-0.25, -0.2) is 0 Å². The highest BCUT2D eigenvalue weighted by molar-refractivity contribution is 4.91. The Morgan fingerprint density at radius 2 is 2.00 bits per heavy atom. The minimum atomic E-state index is -0.118. The molecule has 102 valence electrons. The predicted molar refractivity (Wildman–Crippen MR) is 73.4 cm³/mol. The molecule has 0 aromatic heterocycles. The van der Waals surface area contributed by atoms with Crippen LogP contribution < -0.4 is 5.32 Å². The molecule has 0 aliphatic heterocycles. The zero-order valence-corrected chi connectivity index (χ0v) is 12.4. The molecule has 1 aliphatic carbocycles. The van der Waals surface area contributed by atoms with Crippen molar-refractivity contribution < 1.29 is 4.74 Å². The summed E-state index contributed by atoms with van der Waals surface area (Å²) in [5, 5.41) is 3.55. The Morgan fingerprint density at radius 1 is 1.41 bits per heavy atom. The van der Waals surface area contributed by atoms with Gasteiger partial charge < -0.3 is 15.0 Å². The third-order valence-corrected chi connectivity index (χ3v) is 4.29. The van der Waals surface area contributed by atoms with Crippen molar-refractivity contribution in [2.24, 2.45) is 5.92 Å². The van der Waals surface area contributed by atoms with Gasteiger partial charge in [-0.05, 0) is 53.1 Å². The summed E-state index contributed by atoms with van der Waals surface area (Å²) in [4.78, 5) is 2.48. The van der Waals surface area contributed by atoms with Crippen molar-refractivity contribution >= 4 is 0 Å². The Morgan fingerprint density at radius 3 is 2.41 bits per heavy atom. The number of methoxy groups -OCH3 is 1. The maximum Gasteiger partial charge on any atom is 0.0787 e. The first-order valence-electron chi connectivity index (χ1n) is 6.91. The molecule has 1 rings (SSSR count). The highest BCUT2D eigenvalue weighted by atomic mass is 16.5. The Bertz CT molecular complexity index is 226. The summed E-state index contributed by atoms with van der Waals surface area (Å²) in [5.41, 5.74) is -0.118. The van der Waals surface area contributed by atoms with Crippen molar-refractivity contribution in [3.8, 4) is 0 Å². The number of rotatable bonds is 8. The molecule has 0 amide bonds. The maximum absolute atomic E-state index is 5.62. The Kier molecular flexibility index (Phi) is 5.42. The van der Waals surface area contributed by atoms with Crippen molar-refractivity contribution in [1.29, 1.82) is 0 Å². The van der Waals surface area contributed by atoms with E-state index in [1.165, 1.54) is 12.8 Å². The minimum absolute atomic E-state index is 0.118. The van der Waals surface area contributed by atoms with Gasteiger partial charge in [-0.3, -0.25) is 0 Å². The molecule has 1 saturated carbocycles. The van der Waals surface area contributed by atoms with Crippen molar-refractivity contribution in [3.63, 3.8) is 0 Å². The van der Waals surface area contributed by atoms with Crippen LogP contribution in [0.2, 0.25) is 0 Å². The average Bonchev–Trinajstić information content (AvgIpc) is 3.11. The first-order chi connectivity index (χ1) is 7.92. The third-order valence-electron chi connectivity index (χ3n) is 4.29. The second-order valence-corrected chi connectivity index (χ2v) is 5.94. The van der Waals surface area contributed by atoms with Crippen molar-refractivity contribution in [1.82, 2.24) is 10.2 Å². The van der Waals surface area contributed by atoms with Crippen LogP contribution in [0.15, 0.2) is 0 Å². The topological polar surface area (TPSA) is 24.5 Å². The fraction of sp³-hybridized carbons (Fsp3) is 1.00. The number of hydrogen-bond donors (Lipinski definition) is 1. The van der Waals surface area contributed by atoms with Gasteiger partial charge in [0.15, 0.2) is 0 Å². The molecular formula is C14H30N2O. The maximum atomic E-state index is 5.62. The number of nitrogens with zero attached hydrogens (tertiary/aromatic N) is 1. The normalized spacial score (nSPS) is 20.6. The fourth-order valence-electron chi connectivity index (χ4n) is 2.31. The standard InChI is InChI=1S/C14H30N2O/c1-7-15-13(14(3,4)17-6)10-16(5)11(2)12-8-9-12/h11-13,15H,7-10H2,1-6H3. The minimum Gasteiger partial charge on any atom is -0.377 e. The van der Waals surface area contributed by atoms with Gasteiger partial charge in [-0.2, -0.15) is 0 Å². The lowest BCUT2D eigenvalue weighted by Gasteiger charge is -2.38. The van der Waals surface area contributed by atoms with E-state index in [1.807, 2.05) is 0 Å². The van der Waals surface area contributed by atoms with Crippen LogP contribution in [0.5, 0.6) is 0 Å². The van der Waals surface area contributed by atoms with E-state index in [-0.39, 0.29) is 5.60 Å². The van der Waals surface area contributed by atoms with E-state index in [0.717, 1.165) is 19.0 Å². The Labute approximate surface area is 107 Å². The monoisotopic (exact) mass is 242 g/mol. The molecule has 0 heterocycles. The van der Waals surface area contributed by atoms with E-state index in [1.54, 1.807) is 7.11 Å². The summed E-state index contributed by atoms with van der Waals surface area (Å²) in [6.07, 6.45) is 2.82. The summed E-state index contributed by atoms with van der Waals surface area (Å²) in [7, 11) is 4.04. The summed E-state index contributed by atoms with van der Waals surface area (Å²) >= 11 is 0. The third kappa shape index (κ3) is 4.23. The van der Waals surface area contributed by atoms with E-state index < -0.39 is 0 Å². The van der Waals surface area contributed by atoms with Crippen molar-refractivity contribution in [2.45, 2.75) is 58.2 Å². The predicted octanol–water partition coefficient (Wildman–Crippen LogP) is 2.12. The van der Waals surface area contributed by atoms with Crippen molar-refractivity contribution in [3.05, 3.63) is 0 Å². The quantitative estimate of drug-likeness (QED) is 0.705. The second kappa shape index (κ2) is 6.17. The van der Waals surface area contributed by atoms with Gasteiger partial charge in [-0.1, -0.05) is 6.92 Å². The number of hydrogen-bond acceptors (Lipinski definition) is 3. The summed E-state index contributed by atoms with van der Waals surface area (Å²) < 4.78 is 5.62. The molecule has 1 N–H and O–H groups in total. The summed E-state index contributed by atoms with van der Waals surface area (Å²) in [5.74, 6) is 0.924. The molecule has 0 aromatic rings. The highest BCUT2D eigenvalue weighted by Crippen LogP contribution is 2.34. The Hall–Kier alpha value is -0.120. The van der Waals surface area contributed by atoms with E-state index in [0.29, 0.717) is 12.1 Å². The van der Waals surface area contributed by atoms with Gasteiger partial charge in [0.25, 0.3) is 0 Å². The van der Waals surface area contributed by atoms with E-state index in [4.69, 9.17) is 4.74 Å². The molecule has 3 nitrogen and oxygen atoms in total. The molecule has 17 heavy (non-hydrogen) atoms. The number of likely N-dealkylation sites (N-methyl/N-ethyl adjacent to an activating group) is 2. The largest absolute Gasteiger partial charge is 0.377 e. The van der Waals surface area contributed by atoms with Crippen LogP contribution in [0.4, 0.5) is 0 Å². The average molecular weight is 242 g/mol. The first kappa shape index (κ1) is 14.9. The van der Waals surface area contributed by atoms with Crippen LogP contribution in [0, 0.1) is 5.92 Å². The highest BCUT2D eigenvalue weighted by Gasteiger charge is 2.34. The molecule has 1 aliphatic rings. The van der Waals surface area contributed by atoms with Gasteiger partial charge in [-0.15, -0.1) is 0 Å². The van der Waals surface area contributed by atoms with E-state index >= 15 is 0 Å². The Balaban J connectivity index is 2.52.